The maximum atomic E-state index is 12.4. The van der Waals surface area contributed by atoms with E-state index in [1.165, 1.54) is 0 Å². The monoisotopic (exact) mass is 242 g/mol. The number of likely N-dealkylation sites (tertiary alicyclic amines) is 1. The maximum absolute atomic E-state index is 12.4. The van der Waals surface area contributed by atoms with E-state index in [-0.39, 0.29) is 11.8 Å². The fourth-order valence-electron chi connectivity index (χ4n) is 2.36. The van der Waals surface area contributed by atoms with Gasteiger partial charge in [0, 0.05) is 24.6 Å². The van der Waals surface area contributed by atoms with E-state index in [4.69, 9.17) is 5.26 Å². The highest BCUT2D eigenvalue weighted by atomic mass is 16.2. The van der Waals surface area contributed by atoms with Crippen LogP contribution in [0.25, 0.3) is 0 Å². The van der Waals surface area contributed by atoms with Crippen LogP contribution in [0.2, 0.25) is 0 Å². The molecule has 0 radical (unpaired) electrons. The van der Waals surface area contributed by atoms with E-state index in [1.54, 1.807) is 0 Å². The van der Waals surface area contributed by atoms with Gasteiger partial charge in [0.2, 0.25) is 0 Å². The summed E-state index contributed by atoms with van der Waals surface area (Å²) in [4.78, 5) is 14.3. The molecule has 94 valence electrons. The number of benzene rings is 1. The molecule has 1 aromatic rings. The SMILES string of the molecule is Cc1cccc(C(=O)N2CCC(C#N)CC2)c1C. The largest absolute Gasteiger partial charge is 0.339 e. The van der Waals surface area contributed by atoms with Crippen LogP contribution < -0.4 is 0 Å². The van der Waals surface area contributed by atoms with E-state index < -0.39 is 0 Å². The van der Waals surface area contributed by atoms with Gasteiger partial charge in [-0.2, -0.15) is 5.26 Å². The molecule has 0 atom stereocenters. The Morgan fingerprint density at radius 3 is 2.61 bits per heavy atom. The smallest absolute Gasteiger partial charge is 0.254 e. The fourth-order valence-corrected chi connectivity index (χ4v) is 2.36. The Labute approximate surface area is 108 Å². The standard InChI is InChI=1S/C15H18N2O/c1-11-4-3-5-14(12(11)2)15(18)17-8-6-13(10-16)7-9-17/h3-5,13H,6-9H2,1-2H3. The number of nitrogens with zero attached hydrogens (tertiary/aromatic N) is 2. The summed E-state index contributed by atoms with van der Waals surface area (Å²) in [7, 11) is 0. The molecule has 1 heterocycles. The van der Waals surface area contributed by atoms with Gasteiger partial charge in [-0.05, 0) is 43.9 Å². The summed E-state index contributed by atoms with van der Waals surface area (Å²) in [6.45, 7) is 5.41. The Kier molecular flexibility index (Phi) is 3.66. The molecule has 1 saturated heterocycles. The van der Waals surface area contributed by atoms with E-state index in [1.807, 2.05) is 36.9 Å². The van der Waals surface area contributed by atoms with Gasteiger partial charge in [-0.3, -0.25) is 4.79 Å². The molecule has 0 spiro atoms. The third-order valence-electron chi connectivity index (χ3n) is 3.80. The normalized spacial score (nSPS) is 16.4. The molecule has 18 heavy (non-hydrogen) atoms. The fraction of sp³-hybridized carbons (Fsp3) is 0.467. The predicted octanol–water partition coefficient (Wildman–Crippen LogP) is 2.68. The van der Waals surface area contributed by atoms with Crippen LogP contribution in [0.3, 0.4) is 0 Å². The molecule has 0 saturated carbocycles. The lowest BCUT2D eigenvalue weighted by Gasteiger charge is -2.29. The second-order valence-electron chi connectivity index (χ2n) is 4.94. The van der Waals surface area contributed by atoms with Crippen molar-refractivity contribution in [3.8, 4) is 6.07 Å². The number of amides is 1. The van der Waals surface area contributed by atoms with Gasteiger partial charge in [0.15, 0.2) is 0 Å². The highest BCUT2D eigenvalue weighted by molar-refractivity contribution is 5.96. The number of carbonyl (C=O) groups is 1. The number of piperidine rings is 1. The average Bonchev–Trinajstić information content (AvgIpc) is 2.41. The van der Waals surface area contributed by atoms with Crippen LogP contribution in [0.4, 0.5) is 0 Å². The Bertz CT molecular complexity index is 494. The van der Waals surface area contributed by atoms with Crippen LogP contribution in [0.1, 0.15) is 34.3 Å². The molecule has 0 bridgehead atoms. The molecule has 2 rings (SSSR count). The molecular formula is C15H18N2O. The molecule has 0 N–H and O–H groups in total. The van der Waals surface area contributed by atoms with E-state index in [0.29, 0.717) is 13.1 Å². The zero-order valence-electron chi connectivity index (χ0n) is 10.9. The summed E-state index contributed by atoms with van der Waals surface area (Å²) in [6, 6.07) is 8.13. The molecule has 1 aliphatic rings. The van der Waals surface area contributed by atoms with E-state index >= 15 is 0 Å². The van der Waals surface area contributed by atoms with Crippen molar-refractivity contribution in [2.75, 3.05) is 13.1 Å². The molecule has 0 aliphatic carbocycles. The van der Waals surface area contributed by atoms with Crippen LogP contribution in [0.15, 0.2) is 18.2 Å². The molecular weight excluding hydrogens is 224 g/mol. The molecule has 3 heteroatoms. The second kappa shape index (κ2) is 5.22. The number of hydrogen-bond acceptors (Lipinski definition) is 2. The summed E-state index contributed by atoms with van der Waals surface area (Å²) in [5.41, 5.74) is 3.00. The first-order valence-electron chi connectivity index (χ1n) is 6.38. The van der Waals surface area contributed by atoms with Crippen LogP contribution in [-0.4, -0.2) is 23.9 Å². The third-order valence-corrected chi connectivity index (χ3v) is 3.80. The van der Waals surface area contributed by atoms with Gasteiger partial charge < -0.3 is 4.90 Å². The van der Waals surface area contributed by atoms with Gasteiger partial charge in [-0.15, -0.1) is 0 Å². The van der Waals surface area contributed by atoms with E-state index in [2.05, 4.69) is 6.07 Å². The lowest BCUT2D eigenvalue weighted by atomic mass is 9.96. The minimum atomic E-state index is 0.104. The molecule has 1 aromatic carbocycles. The van der Waals surface area contributed by atoms with Gasteiger partial charge in [0.1, 0.15) is 0 Å². The van der Waals surface area contributed by atoms with Crippen molar-refractivity contribution in [3.63, 3.8) is 0 Å². The van der Waals surface area contributed by atoms with Crippen molar-refractivity contribution in [3.05, 3.63) is 34.9 Å². The minimum Gasteiger partial charge on any atom is -0.339 e. The lowest BCUT2D eigenvalue weighted by Crippen LogP contribution is -2.38. The maximum Gasteiger partial charge on any atom is 0.254 e. The van der Waals surface area contributed by atoms with E-state index in [0.717, 1.165) is 29.5 Å². The summed E-state index contributed by atoms with van der Waals surface area (Å²) in [5.74, 6) is 0.222. The van der Waals surface area contributed by atoms with Crippen molar-refractivity contribution in [1.82, 2.24) is 4.90 Å². The Morgan fingerprint density at radius 1 is 1.33 bits per heavy atom. The van der Waals surface area contributed by atoms with E-state index in [9.17, 15) is 4.79 Å². The quantitative estimate of drug-likeness (QED) is 0.760. The lowest BCUT2D eigenvalue weighted by molar-refractivity contribution is 0.0706. The van der Waals surface area contributed by atoms with Gasteiger partial charge >= 0.3 is 0 Å². The number of rotatable bonds is 1. The van der Waals surface area contributed by atoms with Crippen LogP contribution in [0.5, 0.6) is 0 Å². The van der Waals surface area contributed by atoms with Gasteiger partial charge in [-0.1, -0.05) is 12.1 Å². The molecule has 1 amide bonds. The third kappa shape index (κ3) is 2.38. The number of aryl methyl sites for hydroxylation is 1. The summed E-state index contributed by atoms with van der Waals surface area (Å²) in [6.07, 6.45) is 1.60. The molecule has 0 unspecified atom stereocenters. The van der Waals surface area contributed by atoms with Gasteiger partial charge in [0.05, 0.1) is 6.07 Å². The Morgan fingerprint density at radius 2 is 2.00 bits per heavy atom. The zero-order valence-corrected chi connectivity index (χ0v) is 10.9. The highest BCUT2D eigenvalue weighted by Gasteiger charge is 2.24. The Hall–Kier alpha value is -1.82. The average molecular weight is 242 g/mol. The number of carbonyl (C=O) groups excluding carboxylic acids is 1. The van der Waals surface area contributed by atoms with Crippen molar-refractivity contribution < 1.29 is 4.79 Å². The van der Waals surface area contributed by atoms with Crippen molar-refractivity contribution in [1.29, 1.82) is 5.26 Å². The van der Waals surface area contributed by atoms with Gasteiger partial charge in [-0.25, -0.2) is 0 Å². The van der Waals surface area contributed by atoms with Gasteiger partial charge in [0.25, 0.3) is 5.91 Å². The first-order chi connectivity index (χ1) is 8.63. The van der Waals surface area contributed by atoms with Crippen LogP contribution >= 0.6 is 0 Å². The first-order valence-corrected chi connectivity index (χ1v) is 6.38. The summed E-state index contributed by atoms with van der Waals surface area (Å²) in [5, 5.41) is 8.86. The molecule has 3 nitrogen and oxygen atoms in total. The zero-order chi connectivity index (χ0) is 13.1. The number of hydrogen-bond donors (Lipinski definition) is 0. The number of nitriles is 1. The van der Waals surface area contributed by atoms with Crippen molar-refractivity contribution in [2.45, 2.75) is 26.7 Å². The topological polar surface area (TPSA) is 44.1 Å². The first kappa shape index (κ1) is 12.6. The molecule has 1 fully saturated rings. The summed E-state index contributed by atoms with van der Waals surface area (Å²) >= 11 is 0. The second-order valence-corrected chi connectivity index (χ2v) is 4.94. The Balaban J connectivity index is 2.13. The minimum absolute atomic E-state index is 0.104. The molecule has 1 aliphatic heterocycles. The van der Waals surface area contributed by atoms with Crippen LogP contribution in [0, 0.1) is 31.1 Å². The predicted molar refractivity (Wildman–Crippen MR) is 70.2 cm³/mol. The van der Waals surface area contributed by atoms with Crippen LogP contribution in [-0.2, 0) is 0 Å². The summed E-state index contributed by atoms with van der Waals surface area (Å²) < 4.78 is 0. The highest BCUT2D eigenvalue weighted by Crippen LogP contribution is 2.20. The molecule has 0 aromatic heterocycles. The van der Waals surface area contributed by atoms with Crippen molar-refractivity contribution >= 4 is 5.91 Å². The van der Waals surface area contributed by atoms with Crippen molar-refractivity contribution in [2.24, 2.45) is 5.92 Å².